The number of hydrogen-bond acceptors (Lipinski definition) is 5. The zero-order valence-corrected chi connectivity index (χ0v) is 13.2. The molecule has 2 atom stereocenters. The van der Waals surface area contributed by atoms with Gasteiger partial charge in [0.15, 0.2) is 0 Å². The molecule has 0 bridgehead atoms. The molecule has 0 spiro atoms. The zero-order valence-electron chi connectivity index (χ0n) is 11.6. The van der Waals surface area contributed by atoms with Gasteiger partial charge in [-0.15, -0.1) is 11.3 Å². The Labute approximate surface area is 123 Å². The molecule has 1 aromatic rings. The third-order valence-corrected chi connectivity index (χ3v) is 7.14. The summed E-state index contributed by atoms with van der Waals surface area (Å²) in [7, 11) is -3.58. The number of isocyanates is 1. The molecule has 2 rings (SSSR count). The summed E-state index contributed by atoms with van der Waals surface area (Å²) in [5, 5.41) is 0. The van der Waals surface area contributed by atoms with Gasteiger partial charge in [-0.05, 0) is 37.3 Å². The fraction of sp³-hybridized carbons (Fsp3) is 0.615. The van der Waals surface area contributed by atoms with Gasteiger partial charge in [-0.3, -0.25) is 0 Å². The summed E-state index contributed by atoms with van der Waals surface area (Å²) < 4.78 is 27.1. The van der Waals surface area contributed by atoms with Gasteiger partial charge in [-0.25, -0.2) is 13.2 Å². The average molecular weight is 314 g/mol. The second-order valence-corrected chi connectivity index (χ2v) is 8.23. The molecule has 1 aromatic heterocycles. The minimum absolute atomic E-state index is 0.0329. The van der Waals surface area contributed by atoms with E-state index in [1.54, 1.807) is 6.07 Å². The van der Waals surface area contributed by atoms with Crippen LogP contribution in [-0.2, 0) is 21.2 Å². The number of hydrogen-bond donors (Lipinski definition) is 0. The van der Waals surface area contributed by atoms with Crippen LogP contribution in [0.1, 0.15) is 31.6 Å². The summed E-state index contributed by atoms with van der Waals surface area (Å²) in [6.45, 7) is 4.31. The Kier molecular flexibility index (Phi) is 4.75. The molecule has 1 aliphatic heterocycles. The van der Waals surface area contributed by atoms with Gasteiger partial charge in [-0.2, -0.15) is 9.30 Å². The third-order valence-electron chi connectivity index (χ3n) is 3.58. The first-order valence-electron chi connectivity index (χ1n) is 6.68. The normalized spacial score (nSPS) is 24.3. The van der Waals surface area contributed by atoms with Crippen LogP contribution in [0.2, 0.25) is 0 Å². The molecule has 5 nitrogen and oxygen atoms in total. The number of piperidine rings is 1. The van der Waals surface area contributed by atoms with Crippen LogP contribution in [-0.4, -0.2) is 31.5 Å². The minimum atomic E-state index is -3.58. The lowest BCUT2D eigenvalue weighted by Crippen LogP contribution is -2.46. The van der Waals surface area contributed by atoms with Crippen molar-refractivity contribution in [3.63, 3.8) is 0 Å². The lowest BCUT2D eigenvalue weighted by Gasteiger charge is -2.35. The molecule has 0 saturated carbocycles. The van der Waals surface area contributed by atoms with Crippen molar-refractivity contribution in [2.24, 2.45) is 10.9 Å². The summed E-state index contributed by atoms with van der Waals surface area (Å²) in [5.41, 5.74) is 0. The second kappa shape index (κ2) is 6.18. The van der Waals surface area contributed by atoms with Crippen molar-refractivity contribution in [3.05, 3.63) is 17.0 Å². The molecule has 0 amide bonds. The summed E-state index contributed by atoms with van der Waals surface area (Å²) in [5.74, 6) is 0.0329. The third kappa shape index (κ3) is 2.86. The molecular formula is C13H18N2O3S2. The lowest BCUT2D eigenvalue weighted by molar-refractivity contribution is 0.194. The zero-order chi connectivity index (χ0) is 14.8. The maximum atomic E-state index is 12.7. The van der Waals surface area contributed by atoms with E-state index in [1.165, 1.54) is 21.7 Å². The fourth-order valence-electron chi connectivity index (χ4n) is 2.44. The van der Waals surface area contributed by atoms with E-state index >= 15 is 0 Å². The number of sulfonamides is 1. The van der Waals surface area contributed by atoms with Gasteiger partial charge < -0.3 is 0 Å². The second-order valence-electron chi connectivity index (χ2n) is 4.94. The largest absolute Gasteiger partial charge is 0.254 e. The molecular weight excluding hydrogens is 296 g/mol. The van der Waals surface area contributed by atoms with Crippen molar-refractivity contribution in [3.8, 4) is 0 Å². The highest BCUT2D eigenvalue weighted by molar-refractivity contribution is 7.91. The van der Waals surface area contributed by atoms with Crippen LogP contribution in [0.4, 0.5) is 0 Å². The number of carbonyl (C=O) groups excluding carboxylic acids is 1. The van der Waals surface area contributed by atoms with Crippen LogP contribution in [0, 0.1) is 5.92 Å². The number of nitrogens with zero attached hydrogens (tertiary/aromatic N) is 2. The molecule has 2 unspecified atom stereocenters. The first kappa shape index (κ1) is 15.4. The van der Waals surface area contributed by atoms with E-state index in [9.17, 15) is 13.2 Å². The first-order valence-corrected chi connectivity index (χ1v) is 8.94. The SMILES string of the molecule is CCc1ccc(S(=O)(=O)N2CCCC(C)C2N=C=O)s1. The van der Waals surface area contributed by atoms with Crippen LogP contribution in [0.25, 0.3) is 0 Å². The smallest absolute Gasteiger partial charge is 0.211 e. The Hall–Kier alpha value is -1.01. The van der Waals surface area contributed by atoms with E-state index in [0.717, 1.165) is 24.1 Å². The molecule has 20 heavy (non-hydrogen) atoms. The standard InChI is InChI=1S/C13H18N2O3S2/c1-3-11-6-7-12(19-11)20(17,18)15-8-4-5-10(2)13(15)14-9-16/h6-7,10,13H,3-5,8H2,1-2H3. The Balaban J connectivity index is 2.37. The molecule has 0 radical (unpaired) electrons. The van der Waals surface area contributed by atoms with Gasteiger partial charge in [0.05, 0.1) is 0 Å². The van der Waals surface area contributed by atoms with Crippen LogP contribution in [0.5, 0.6) is 0 Å². The lowest BCUT2D eigenvalue weighted by atomic mass is 9.98. The average Bonchev–Trinajstić information content (AvgIpc) is 2.90. The molecule has 1 fully saturated rings. The maximum absolute atomic E-state index is 12.7. The number of aryl methyl sites for hydroxylation is 1. The van der Waals surface area contributed by atoms with E-state index in [0.29, 0.717) is 10.8 Å². The Morgan fingerprint density at radius 2 is 2.25 bits per heavy atom. The van der Waals surface area contributed by atoms with E-state index in [2.05, 4.69) is 4.99 Å². The van der Waals surface area contributed by atoms with Crippen molar-refractivity contribution in [2.45, 2.75) is 43.5 Å². The monoisotopic (exact) mass is 314 g/mol. The highest BCUT2D eigenvalue weighted by atomic mass is 32.2. The summed E-state index contributed by atoms with van der Waals surface area (Å²) in [6.07, 6.45) is 3.35. The van der Waals surface area contributed by atoms with E-state index in [1.807, 2.05) is 19.9 Å². The highest BCUT2D eigenvalue weighted by Gasteiger charge is 2.38. The maximum Gasteiger partial charge on any atom is 0.254 e. The summed E-state index contributed by atoms with van der Waals surface area (Å²) in [4.78, 5) is 15.3. The summed E-state index contributed by atoms with van der Waals surface area (Å²) in [6, 6.07) is 3.47. The van der Waals surface area contributed by atoms with Crippen molar-refractivity contribution < 1.29 is 13.2 Å². The van der Waals surface area contributed by atoms with Gasteiger partial charge in [0.1, 0.15) is 10.4 Å². The van der Waals surface area contributed by atoms with Gasteiger partial charge in [-0.1, -0.05) is 13.8 Å². The van der Waals surface area contributed by atoms with Crippen LogP contribution < -0.4 is 0 Å². The summed E-state index contributed by atoms with van der Waals surface area (Å²) >= 11 is 1.28. The molecule has 2 heterocycles. The predicted molar refractivity (Wildman–Crippen MR) is 77.9 cm³/mol. The number of aliphatic imine (C=N–C) groups is 1. The van der Waals surface area contributed by atoms with Gasteiger partial charge >= 0.3 is 0 Å². The minimum Gasteiger partial charge on any atom is -0.211 e. The van der Waals surface area contributed by atoms with E-state index in [4.69, 9.17) is 0 Å². The van der Waals surface area contributed by atoms with Crippen molar-refractivity contribution in [1.29, 1.82) is 0 Å². The predicted octanol–water partition coefficient (Wildman–Crippen LogP) is 2.39. The van der Waals surface area contributed by atoms with Crippen LogP contribution in [0.3, 0.4) is 0 Å². The van der Waals surface area contributed by atoms with Crippen LogP contribution in [0.15, 0.2) is 21.3 Å². The van der Waals surface area contributed by atoms with Gasteiger partial charge in [0.25, 0.3) is 10.0 Å². The highest BCUT2D eigenvalue weighted by Crippen LogP contribution is 2.32. The van der Waals surface area contributed by atoms with Gasteiger partial charge in [0, 0.05) is 11.4 Å². The molecule has 7 heteroatoms. The van der Waals surface area contributed by atoms with Crippen molar-refractivity contribution >= 4 is 27.4 Å². The molecule has 0 N–H and O–H groups in total. The van der Waals surface area contributed by atoms with E-state index in [-0.39, 0.29) is 5.92 Å². The van der Waals surface area contributed by atoms with Crippen molar-refractivity contribution in [1.82, 2.24) is 4.31 Å². The molecule has 0 aliphatic carbocycles. The van der Waals surface area contributed by atoms with Gasteiger partial charge in [0.2, 0.25) is 6.08 Å². The fourth-order valence-corrected chi connectivity index (χ4v) is 5.53. The van der Waals surface area contributed by atoms with Crippen molar-refractivity contribution in [2.75, 3.05) is 6.54 Å². The molecule has 1 aliphatic rings. The Morgan fingerprint density at radius 3 is 2.85 bits per heavy atom. The topological polar surface area (TPSA) is 66.8 Å². The number of rotatable bonds is 4. The first-order chi connectivity index (χ1) is 9.50. The van der Waals surface area contributed by atoms with E-state index < -0.39 is 16.2 Å². The quantitative estimate of drug-likeness (QED) is 0.633. The molecule has 0 aromatic carbocycles. The molecule has 1 saturated heterocycles. The Bertz CT molecular complexity index is 617. The number of thiophene rings is 1. The van der Waals surface area contributed by atoms with Crippen LogP contribution >= 0.6 is 11.3 Å². The Morgan fingerprint density at radius 1 is 1.50 bits per heavy atom. The molecule has 110 valence electrons.